The Hall–Kier alpha value is -2.75. The minimum Gasteiger partial charge on any atom is -0.384 e. The van der Waals surface area contributed by atoms with E-state index >= 15 is 0 Å². The number of alkyl halides is 1. The summed E-state index contributed by atoms with van der Waals surface area (Å²) in [6, 6.07) is 3.93. The van der Waals surface area contributed by atoms with Crippen LogP contribution in [-0.4, -0.2) is 58.9 Å². The van der Waals surface area contributed by atoms with Crippen LogP contribution >= 0.6 is 15.9 Å². The third-order valence-electron chi connectivity index (χ3n) is 5.00. The Kier molecular flexibility index (Phi) is 7.20. The van der Waals surface area contributed by atoms with Gasteiger partial charge in [0.25, 0.3) is 11.8 Å². The van der Waals surface area contributed by atoms with Gasteiger partial charge < -0.3 is 10.6 Å². The maximum absolute atomic E-state index is 13.0. The monoisotopic (exact) mass is 478 g/mol. The lowest BCUT2D eigenvalue weighted by molar-refractivity contribution is -0.136. The number of carbonyl (C=O) groups excluding carboxylic acids is 5. The maximum atomic E-state index is 13.0. The number of carbonyl (C=O) groups is 5. The zero-order valence-electron chi connectivity index (χ0n) is 16.3. The van der Waals surface area contributed by atoms with Crippen molar-refractivity contribution in [2.24, 2.45) is 0 Å². The molecular formula is C20H23BrN4O5. The average Bonchev–Trinajstić information content (AvgIpc) is 2.97. The van der Waals surface area contributed by atoms with Gasteiger partial charge in [-0.3, -0.25) is 34.2 Å². The highest BCUT2D eigenvalue weighted by Crippen LogP contribution is 2.32. The lowest BCUT2D eigenvalue weighted by Crippen LogP contribution is -2.54. The first-order valence-electron chi connectivity index (χ1n) is 9.85. The molecule has 1 saturated heterocycles. The van der Waals surface area contributed by atoms with E-state index < -0.39 is 29.7 Å². The molecule has 10 heteroatoms. The van der Waals surface area contributed by atoms with Gasteiger partial charge in [0.2, 0.25) is 17.7 Å². The molecule has 2 aliphatic heterocycles. The summed E-state index contributed by atoms with van der Waals surface area (Å²) in [5, 5.41) is 8.93. The van der Waals surface area contributed by atoms with Crippen molar-refractivity contribution in [2.75, 3.05) is 23.7 Å². The summed E-state index contributed by atoms with van der Waals surface area (Å²) in [5.74, 6) is -2.13. The number of amides is 5. The van der Waals surface area contributed by atoms with Crippen molar-refractivity contribution in [3.63, 3.8) is 0 Å². The third kappa shape index (κ3) is 4.69. The topological polar surface area (TPSA) is 125 Å². The van der Waals surface area contributed by atoms with Crippen molar-refractivity contribution in [3.05, 3.63) is 29.3 Å². The highest BCUT2D eigenvalue weighted by molar-refractivity contribution is 9.09. The van der Waals surface area contributed by atoms with Crippen LogP contribution in [0.2, 0.25) is 0 Å². The molecule has 0 aliphatic carbocycles. The molecule has 9 nitrogen and oxygen atoms in total. The first-order valence-corrected chi connectivity index (χ1v) is 11.0. The fourth-order valence-corrected chi connectivity index (χ4v) is 3.80. The van der Waals surface area contributed by atoms with Gasteiger partial charge in [0.1, 0.15) is 6.04 Å². The number of fused-ring (bicyclic) bond motifs is 1. The first kappa shape index (κ1) is 21.9. The number of piperidine rings is 1. The highest BCUT2D eigenvalue weighted by Gasteiger charge is 2.45. The van der Waals surface area contributed by atoms with Gasteiger partial charge in [-0.2, -0.15) is 0 Å². The van der Waals surface area contributed by atoms with Gasteiger partial charge in [0.05, 0.1) is 11.1 Å². The molecule has 0 spiro atoms. The van der Waals surface area contributed by atoms with Crippen LogP contribution < -0.4 is 16.0 Å². The first-order chi connectivity index (χ1) is 14.4. The van der Waals surface area contributed by atoms with Crippen LogP contribution in [0.15, 0.2) is 18.2 Å². The Balaban J connectivity index is 1.62. The van der Waals surface area contributed by atoms with Crippen molar-refractivity contribution >= 4 is 51.2 Å². The van der Waals surface area contributed by atoms with E-state index in [9.17, 15) is 24.0 Å². The van der Waals surface area contributed by atoms with Crippen molar-refractivity contribution in [3.8, 4) is 0 Å². The Morgan fingerprint density at radius 3 is 2.67 bits per heavy atom. The molecule has 0 radical (unpaired) electrons. The van der Waals surface area contributed by atoms with E-state index in [-0.39, 0.29) is 29.9 Å². The van der Waals surface area contributed by atoms with E-state index in [1.54, 1.807) is 18.2 Å². The molecular weight excluding hydrogens is 456 g/mol. The molecule has 1 unspecified atom stereocenters. The van der Waals surface area contributed by atoms with Gasteiger partial charge in [0.15, 0.2) is 0 Å². The van der Waals surface area contributed by atoms with Gasteiger partial charge in [-0.1, -0.05) is 22.0 Å². The minimum atomic E-state index is -0.988. The molecule has 2 heterocycles. The summed E-state index contributed by atoms with van der Waals surface area (Å²) in [7, 11) is 0. The number of rotatable bonds is 9. The van der Waals surface area contributed by atoms with Crippen molar-refractivity contribution in [2.45, 2.75) is 38.1 Å². The van der Waals surface area contributed by atoms with Crippen LogP contribution in [0.25, 0.3) is 0 Å². The molecule has 0 bridgehead atoms. The number of nitrogens with one attached hydrogen (secondary N) is 3. The van der Waals surface area contributed by atoms with Crippen molar-refractivity contribution in [1.82, 2.24) is 15.5 Å². The van der Waals surface area contributed by atoms with Crippen LogP contribution in [0.3, 0.4) is 0 Å². The summed E-state index contributed by atoms with van der Waals surface area (Å²) >= 11 is 3.28. The molecule has 1 atom stereocenters. The molecule has 2 aliphatic rings. The van der Waals surface area contributed by atoms with Crippen LogP contribution in [0.4, 0.5) is 5.69 Å². The Morgan fingerprint density at radius 2 is 1.93 bits per heavy atom. The fourth-order valence-electron chi connectivity index (χ4n) is 3.52. The summed E-state index contributed by atoms with van der Waals surface area (Å²) in [6.45, 7) is 0.994. The Bertz CT molecular complexity index is 888. The highest BCUT2D eigenvalue weighted by atomic mass is 79.9. The second kappa shape index (κ2) is 9.84. The van der Waals surface area contributed by atoms with Gasteiger partial charge in [-0.15, -0.1) is 0 Å². The molecule has 3 rings (SSSR count). The second-order valence-corrected chi connectivity index (χ2v) is 7.89. The normalized spacial score (nSPS) is 18.3. The predicted octanol–water partition coefficient (Wildman–Crippen LogP) is 1.18. The van der Waals surface area contributed by atoms with E-state index in [0.29, 0.717) is 31.6 Å². The number of imide groups is 2. The minimum absolute atomic E-state index is 0.00397. The third-order valence-corrected chi connectivity index (χ3v) is 5.56. The maximum Gasteiger partial charge on any atom is 0.264 e. The quantitative estimate of drug-likeness (QED) is 0.278. The number of hydrogen-bond acceptors (Lipinski definition) is 6. The molecule has 30 heavy (non-hydrogen) atoms. The smallest absolute Gasteiger partial charge is 0.264 e. The zero-order valence-corrected chi connectivity index (χ0v) is 17.9. The lowest BCUT2D eigenvalue weighted by atomic mass is 10.0. The summed E-state index contributed by atoms with van der Waals surface area (Å²) in [4.78, 5) is 61.8. The van der Waals surface area contributed by atoms with Gasteiger partial charge >= 0.3 is 0 Å². The molecule has 160 valence electrons. The summed E-state index contributed by atoms with van der Waals surface area (Å²) in [6.07, 6.45) is 2.09. The molecule has 0 saturated carbocycles. The van der Waals surface area contributed by atoms with Crippen molar-refractivity contribution < 1.29 is 24.0 Å². The number of anilines is 1. The van der Waals surface area contributed by atoms with Crippen LogP contribution in [-0.2, 0) is 14.4 Å². The van der Waals surface area contributed by atoms with Crippen LogP contribution in [0.1, 0.15) is 52.8 Å². The van der Waals surface area contributed by atoms with Crippen LogP contribution in [0.5, 0.6) is 0 Å². The largest absolute Gasteiger partial charge is 0.384 e. The van der Waals surface area contributed by atoms with Gasteiger partial charge in [-0.05, 0) is 31.4 Å². The molecule has 5 amide bonds. The summed E-state index contributed by atoms with van der Waals surface area (Å²) < 4.78 is 0. The van der Waals surface area contributed by atoms with Gasteiger partial charge in [-0.25, -0.2) is 0 Å². The number of benzene rings is 1. The lowest BCUT2D eigenvalue weighted by Gasteiger charge is -2.27. The van der Waals surface area contributed by atoms with E-state index in [1.807, 2.05) is 0 Å². The SMILES string of the molecule is O=C(CCCBr)NCCCNc1cccc2c1C(=O)N(C1CCC(=O)NC1=O)C2=O. The standard InChI is InChI=1S/C20H23BrN4O5/c21-9-2-6-15(26)23-11-3-10-22-13-5-1-4-12-17(13)20(30)25(19(12)29)14-7-8-16(27)24-18(14)28/h1,4-5,14,22H,2-3,6-11H2,(H,23,26)(H,24,27,28). The molecule has 0 aromatic heterocycles. The predicted molar refractivity (Wildman–Crippen MR) is 112 cm³/mol. The van der Waals surface area contributed by atoms with E-state index in [2.05, 4.69) is 31.9 Å². The van der Waals surface area contributed by atoms with Crippen molar-refractivity contribution in [1.29, 1.82) is 0 Å². The number of hydrogen-bond donors (Lipinski definition) is 3. The Morgan fingerprint density at radius 1 is 1.13 bits per heavy atom. The zero-order chi connectivity index (χ0) is 21.7. The second-order valence-electron chi connectivity index (χ2n) is 7.10. The molecule has 3 N–H and O–H groups in total. The molecule has 1 aromatic carbocycles. The molecule has 1 aromatic rings. The summed E-state index contributed by atoms with van der Waals surface area (Å²) in [5.41, 5.74) is 0.970. The van der Waals surface area contributed by atoms with E-state index in [1.165, 1.54) is 0 Å². The van der Waals surface area contributed by atoms with E-state index in [0.717, 1.165) is 16.7 Å². The number of nitrogens with zero attached hydrogens (tertiary/aromatic N) is 1. The van der Waals surface area contributed by atoms with Gasteiger partial charge in [0, 0.05) is 36.9 Å². The molecule has 1 fully saturated rings. The van der Waals surface area contributed by atoms with E-state index in [4.69, 9.17) is 0 Å². The fraction of sp³-hybridized carbons (Fsp3) is 0.450. The average molecular weight is 479 g/mol. The number of halogens is 1. The van der Waals surface area contributed by atoms with Crippen LogP contribution in [0, 0.1) is 0 Å². The Labute approximate surface area is 182 Å².